The zero-order valence-corrected chi connectivity index (χ0v) is 28.4. The third-order valence-electron chi connectivity index (χ3n) is 11.3. The van der Waals surface area contributed by atoms with Crippen molar-refractivity contribution in [3.8, 4) is 0 Å². The number of aldehydes is 1. The summed E-state index contributed by atoms with van der Waals surface area (Å²) in [5.41, 5.74) is 3.97. The molecule has 2 atom stereocenters. The lowest BCUT2D eigenvalue weighted by molar-refractivity contribution is -0.128. The molecule has 3 saturated heterocycles. The van der Waals surface area contributed by atoms with Crippen molar-refractivity contribution in [3.05, 3.63) is 59.3 Å². The van der Waals surface area contributed by atoms with Crippen LogP contribution in [0.3, 0.4) is 0 Å². The third-order valence-corrected chi connectivity index (χ3v) is 11.3. The Labute approximate surface area is 283 Å². The predicted molar refractivity (Wildman–Crippen MR) is 185 cm³/mol. The maximum absolute atomic E-state index is 14.2. The first-order valence-corrected chi connectivity index (χ1v) is 17.8. The van der Waals surface area contributed by atoms with E-state index >= 15 is 0 Å². The first-order valence-electron chi connectivity index (χ1n) is 17.8. The van der Waals surface area contributed by atoms with Crippen LogP contribution in [0, 0.1) is 6.92 Å². The highest BCUT2D eigenvalue weighted by molar-refractivity contribution is 5.91. The molecule has 0 radical (unpaired) electrons. The summed E-state index contributed by atoms with van der Waals surface area (Å²) in [6.07, 6.45) is 10.4. The number of hydrogen-bond donors (Lipinski definition) is 1. The van der Waals surface area contributed by atoms with E-state index in [-0.39, 0.29) is 25.1 Å². The Morgan fingerprint density at radius 1 is 1.02 bits per heavy atom. The molecule has 4 aliphatic heterocycles. The molecule has 3 aromatic rings. The average Bonchev–Trinajstić information content (AvgIpc) is 3.40. The summed E-state index contributed by atoms with van der Waals surface area (Å²) in [7, 11) is 1.90. The Hall–Kier alpha value is -3.96. The highest BCUT2D eigenvalue weighted by Gasteiger charge is 2.52. The molecular formula is C37H49N7O4. The van der Waals surface area contributed by atoms with Crippen molar-refractivity contribution in [3.63, 3.8) is 0 Å². The van der Waals surface area contributed by atoms with Crippen LogP contribution in [0.2, 0.25) is 0 Å². The van der Waals surface area contributed by atoms with Gasteiger partial charge in [-0.05, 0) is 87.4 Å². The lowest BCUT2D eigenvalue weighted by atomic mass is 9.84. The molecule has 0 saturated carbocycles. The Kier molecular flexibility index (Phi) is 9.42. The van der Waals surface area contributed by atoms with E-state index in [0.29, 0.717) is 32.0 Å². The number of carbonyl (C=O) groups excluding carboxylic acids is 3. The molecule has 256 valence electrons. The summed E-state index contributed by atoms with van der Waals surface area (Å²) >= 11 is 0. The molecule has 1 N–H and O–H groups in total. The largest absolute Gasteiger partial charge is 0.445 e. The van der Waals surface area contributed by atoms with Gasteiger partial charge in [-0.2, -0.15) is 5.10 Å². The van der Waals surface area contributed by atoms with Gasteiger partial charge >= 0.3 is 12.1 Å². The number of para-hydroxylation sites is 1. The summed E-state index contributed by atoms with van der Waals surface area (Å²) in [5.74, 6) is 0. The molecule has 3 fully saturated rings. The number of hydrogen-bond acceptors (Lipinski definition) is 7. The number of piperidine rings is 3. The highest BCUT2D eigenvalue weighted by atomic mass is 16.6. The first kappa shape index (κ1) is 32.6. The van der Waals surface area contributed by atoms with E-state index in [1.807, 2.05) is 60.3 Å². The van der Waals surface area contributed by atoms with Gasteiger partial charge in [-0.15, -0.1) is 0 Å². The minimum atomic E-state index is -0.878. The zero-order chi connectivity index (χ0) is 33.3. The van der Waals surface area contributed by atoms with Crippen molar-refractivity contribution < 1.29 is 19.1 Å². The molecule has 1 aromatic heterocycles. The van der Waals surface area contributed by atoms with Gasteiger partial charge in [0.2, 0.25) is 0 Å². The number of nitrogens with one attached hydrogen (secondary N) is 1. The summed E-state index contributed by atoms with van der Waals surface area (Å²) < 4.78 is 7.86. The van der Waals surface area contributed by atoms with Gasteiger partial charge in [0.1, 0.15) is 18.6 Å². The minimum Gasteiger partial charge on any atom is -0.445 e. The molecule has 3 amide bonds. The molecule has 0 spiro atoms. The molecule has 11 heteroatoms. The van der Waals surface area contributed by atoms with Gasteiger partial charge in [-0.3, -0.25) is 14.5 Å². The number of rotatable bonds is 7. The number of aryl methyl sites for hydroxylation is 2. The Morgan fingerprint density at radius 2 is 1.79 bits per heavy atom. The smallest absolute Gasteiger partial charge is 0.411 e. The monoisotopic (exact) mass is 655 g/mol. The van der Waals surface area contributed by atoms with Gasteiger partial charge in [-0.1, -0.05) is 30.7 Å². The highest BCUT2D eigenvalue weighted by Crippen LogP contribution is 2.40. The normalized spacial score (nSPS) is 24.6. The number of aromatic nitrogens is 2. The van der Waals surface area contributed by atoms with Crippen LogP contribution in [0.5, 0.6) is 0 Å². The standard InChI is InChI=1S/C37H49N7O4/c1-27-22-28(23-30-25-40(2)39-34(27)30)26-48-36(47)44-20-13-32(43-19-10-29-8-4-5-9-33(29)38-35(43)46)24-37(44,14-21-45)42-17-11-31(12-18-42)41-15-6-3-7-16-41/h4-5,8-9,21-23,25,31-32H,3,6-7,10-20,24,26H2,1-2H3,(H,38,46)/t32-,37+/m1/s1. The minimum absolute atomic E-state index is 0.119. The Morgan fingerprint density at radius 3 is 2.58 bits per heavy atom. The van der Waals surface area contributed by atoms with Crippen LogP contribution in [0.15, 0.2) is 42.6 Å². The SMILES string of the molecule is Cc1cc(COC(=O)N2CC[C@@H](N3CCc4ccccc4NC3=O)C[C@@]2(CC=O)N2CCC(N3CCCCC3)CC2)cc2cn(C)nc12. The topological polar surface area (TPSA) is 103 Å². The summed E-state index contributed by atoms with van der Waals surface area (Å²) in [4.78, 5) is 49.2. The summed E-state index contributed by atoms with van der Waals surface area (Å²) in [6, 6.07) is 12.3. The maximum Gasteiger partial charge on any atom is 0.411 e. The van der Waals surface area contributed by atoms with Crippen LogP contribution in [0.4, 0.5) is 15.3 Å². The van der Waals surface area contributed by atoms with E-state index in [2.05, 4.69) is 26.3 Å². The molecule has 48 heavy (non-hydrogen) atoms. The van der Waals surface area contributed by atoms with Gasteiger partial charge in [-0.25, -0.2) is 9.59 Å². The first-order chi connectivity index (χ1) is 23.3. The molecule has 7 rings (SSSR count). The van der Waals surface area contributed by atoms with Crippen molar-refractivity contribution in [2.75, 3.05) is 44.6 Å². The molecule has 5 heterocycles. The van der Waals surface area contributed by atoms with E-state index in [1.165, 1.54) is 19.3 Å². The van der Waals surface area contributed by atoms with E-state index < -0.39 is 11.8 Å². The molecule has 11 nitrogen and oxygen atoms in total. The molecule has 0 bridgehead atoms. The fourth-order valence-electron chi connectivity index (χ4n) is 8.84. The van der Waals surface area contributed by atoms with Gasteiger partial charge in [0.15, 0.2) is 0 Å². The van der Waals surface area contributed by atoms with Gasteiger partial charge in [0.25, 0.3) is 0 Å². The number of urea groups is 1. The second-order valence-electron chi connectivity index (χ2n) is 14.2. The number of benzene rings is 2. The fourth-order valence-corrected chi connectivity index (χ4v) is 8.84. The Balaban J connectivity index is 1.13. The zero-order valence-electron chi connectivity index (χ0n) is 28.4. The lowest BCUT2D eigenvalue weighted by Gasteiger charge is -2.57. The molecule has 0 unspecified atom stereocenters. The molecule has 2 aromatic carbocycles. The van der Waals surface area contributed by atoms with Crippen LogP contribution >= 0.6 is 0 Å². The average molecular weight is 656 g/mol. The third kappa shape index (κ3) is 6.42. The van der Waals surface area contributed by atoms with Crippen molar-refractivity contribution in [1.82, 2.24) is 29.4 Å². The van der Waals surface area contributed by atoms with Crippen LogP contribution < -0.4 is 5.32 Å². The second-order valence-corrected chi connectivity index (χ2v) is 14.2. The summed E-state index contributed by atoms with van der Waals surface area (Å²) in [6.45, 7) is 7.03. The van der Waals surface area contributed by atoms with Crippen LogP contribution in [0.25, 0.3) is 10.9 Å². The number of ether oxygens (including phenoxy) is 1. The number of fused-ring (bicyclic) bond motifs is 2. The number of carbonyl (C=O) groups is 3. The van der Waals surface area contributed by atoms with E-state index in [9.17, 15) is 14.4 Å². The number of nitrogens with zero attached hydrogens (tertiary/aromatic N) is 6. The van der Waals surface area contributed by atoms with Gasteiger partial charge in [0.05, 0.1) is 5.52 Å². The van der Waals surface area contributed by atoms with E-state index in [0.717, 1.165) is 85.0 Å². The fraction of sp³-hybridized carbons (Fsp3) is 0.568. The molecular weight excluding hydrogens is 606 g/mol. The second kappa shape index (κ2) is 13.9. The van der Waals surface area contributed by atoms with E-state index in [1.54, 1.807) is 4.68 Å². The van der Waals surface area contributed by atoms with Crippen molar-refractivity contribution >= 4 is 35.0 Å². The van der Waals surface area contributed by atoms with E-state index in [4.69, 9.17) is 4.74 Å². The van der Waals surface area contributed by atoms with Crippen LogP contribution in [-0.2, 0) is 29.6 Å². The van der Waals surface area contributed by atoms with Gasteiger partial charge in [0, 0.05) is 75.4 Å². The van der Waals surface area contributed by atoms with Crippen molar-refractivity contribution in [2.45, 2.75) is 89.1 Å². The number of anilines is 1. The molecule has 0 aliphatic carbocycles. The van der Waals surface area contributed by atoms with Crippen molar-refractivity contribution in [1.29, 1.82) is 0 Å². The molecule has 4 aliphatic rings. The van der Waals surface area contributed by atoms with Crippen molar-refractivity contribution in [2.24, 2.45) is 7.05 Å². The quantitative estimate of drug-likeness (QED) is 0.345. The maximum atomic E-state index is 14.2. The van der Waals surface area contributed by atoms with Crippen LogP contribution in [-0.4, -0.2) is 105 Å². The number of amides is 3. The predicted octanol–water partition coefficient (Wildman–Crippen LogP) is 5.31. The lowest BCUT2D eigenvalue weighted by Crippen LogP contribution is -2.70. The van der Waals surface area contributed by atoms with Gasteiger partial charge < -0.3 is 24.6 Å². The Bertz CT molecular complexity index is 1640. The number of likely N-dealkylation sites (tertiary alicyclic amines) is 3. The summed E-state index contributed by atoms with van der Waals surface area (Å²) in [5, 5.41) is 8.68. The van der Waals surface area contributed by atoms with Crippen LogP contribution in [0.1, 0.15) is 68.1 Å².